The van der Waals surface area contributed by atoms with Crippen LogP contribution in [0.25, 0.3) is 0 Å². The highest BCUT2D eigenvalue weighted by Crippen LogP contribution is 2.33. The summed E-state index contributed by atoms with van der Waals surface area (Å²) in [5.74, 6) is -7.64. The third-order valence-electron chi connectivity index (χ3n) is 18.6. The molecule has 2 fully saturated rings. The van der Waals surface area contributed by atoms with Crippen LogP contribution in [0.15, 0.2) is 66.7 Å². The van der Waals surface area contributed by atoms with Crippen LogP contribution in [-0.2, 0) is 64.0 Å². The molecule has 2 saturated heterocycles. The Balaban J connectivity index is 1.20. The Labute approximate surface area is 547 Å². The zero-order chi connectivity index (χ0) is 69.2. The summed E-state index contributed by atoms with van der Waals surface area (Å²) in [6.07, 6.45) is 1.22. The minimum absolute atomic E-state index is 0.00413. The van der Waals surface area contributed by atoms with E-state index < -0.39 is 137 Å². The quantitative estimate of drug-likeness (QED) is 0.0347. The van der Waals surface area contributed by atoms with Crippen molar-refractivity contribution in [1.82, 2.24) is 40.9 Å². The number of urea groups is 1. The molecule has 514 valence electrons. The van der Waals surface area contributed by atoms with Crippen LogP contribution in [0, 0.1) is 41.4 Å². The SMILES string of the molecule is CC[C@H](C)[C@@H]([C@@H](CC(=O)N1CCC[C@H]1[C@H](OC)[C@@H](C)C(=O)C[C@H](C)[C@@H](O)c1ccccc1)OC)N(C)C(=O)[C@@H](NC(=O)[C@H](C(C)C)N(C)C(=O)OCc1ccc(NC(=O)[C@H](CCCNC(N)=O)CC(=O)[C@@H](NC(=O)C2(N3C(=O)C=CC3=O)CNC2)C(C)C)cc1)C(C)C. The lowest BCUT2D eigenvalue weighted by molar-refractivity contribution is -0.156. The van der Waals surface area contributed by atoms with Gasteiger partial charge in [0, 0.05) is 97.0 Å². The lowest BCUT2D eigenvalue weighted by Gasteiger charge is -2.46. The molecule has 12 atom stereocenters. The van der Waals surface area contributed by atoms with Crippen LogP contribution in [-0.4, -0.2) is 192 Å². The molecule has 25 heteroatoms. The van der Waals surface area contributed by atoms with Crippen molar-refractivity contribution in [2.75, 3.05) is 59.8 Å². The number of nitrogens with zero attached hydrogens (tertiary/aromatic N) is 4. The molecule has 3 aliphatic heterocycles. The molecule has 2 aromatic rings. The number of likely N-dealkylation sites (tertiary alicyclic amines) is 1. The predicted molar refractivity (Wildman–Crippen MR) is 348 cm³/mol. The smallest absolute Gasteiger partial charge is 0.410 e. The second-order valence-corrected chi connectivity index (χ2v) is 26.3. The summed E-state index contributed by atoms with van der Waals surface area (Å²) in [4.78, 5) is 155. The number of hydrogen-bond donors (Lipinski definition) is 7. The maximum atomic E-state index is 14.8. The predicted octanol–water partition coefficient (Wildman–Crippen LogP) is 5.04. The van der Waals surface area contributed by atoms with Crippen molar-refractivity contribution >= 4 is 70.7 Å². The molecule has 3 aliphatic rings. The van der Waals surface area contributed by atoms with Gasteiger partial charge in [0.15, 0.2) is 11.3 Å². The van der Waals surface area contributed by atoms with Crippen LogP contribution < -0.4 is 32.3 Å². The largest absolute Gasteiger partial charge is 0.445 e. The minimum Gasteiger partial charge on any atom is -0.445 e. The molecule has 93 heavy (non-hydrogen) atoms. The highest BCUT2D eigenvalue weighted by atomic mass is 16.6. The number of ketones is 2. The number of carbonyl (C=O) groups excluding carboxylic acids is 11. The number of rotatable bonds is 36. The zero-order valence-corrected chi connectivity index (χ0v) is 56.7. The van der Waals surface area contributed by atoms with Gasteiger partial charge in [-0.15, -0.1) is 0 Å². The van der Waals surface area contributed by atoms with Crippen molar-refractivity contribution in [2.24, 2.45) is 47.2 Å². The van der Waals surface area contributed by atoms with Crippen molar-refractivity contribution in [1.29, 1.82) is 0 Å². The summed E-state index contributed by atoms with van der Waals surface area (Å²) in [6.45, 7) is 18.5. The number of nitrogens with one attached hydrogen (secondary N) is 5. The number of imide groups is 1. The molecule has 10 amide bonds. The van der Waals surface area contributed by atoms with E-state index in [0.717, 1.165) is 22.6 Å². The number of benzene rings is 2. The Kier molecular flexibility index (Phi) is 28.7. The fourth-order valence-corrected chi connectivity index (χ4v) is 12.9. The monoisotopic (exact) mass is 1300 g/mol. The van der Waals surface area contributed by atoms with Gasteiger partial charge < -0.3 is 61.4 Å². The second-order valence-electron chi connectivity index (χ2n) is 26.3. The van der Waals surface area contributed by atoms with Crippen LogP contribution in [0.4, 0.5) is 15.3 Å². The molecule has 0 bridgehead atoms. The van der Waals surface area contributed by atoms with E-state index in [0.29, 0.717) is 37.1 Å². The molecule has 5 rings (SSSR count). The first-order valence-electron chi connectivity index (χ1n) is 32.6. The van der Waals surface area contributed by atoms with Crippen LogP contribution in [0.3, 0.4) is 0 Å². The molecule has 3 heterocycles. The fourth-order valence-electron chi connectivity index (χ4n) is 12.9. The van der Waals surface area contributed by atoms with Crippen molar-refractivity contribution in [3.8, 4) is 0 Å². The number of primary amides is 1. The van der Waals surface area contributed by atoms with Gasteiger partial charge in [0.1, 0.15) is 24.5 Å². The van der Waals surface area contributed by atoms with E-state index in [1.54, 1.807) is 96.7 Å². The Morgan fingerprint density at radius 2 is 1.38 bits per heavy atom. The first kappa shape index (κ1) is 76.1. The number of amides is 10. The van der Waals surface area contributed by atoms with E-state index in [-0.39, 0.29) is 81.9 Å². The minimum atomic E-state index is -1.53. The molecule has 0 aromatic heterocycles. The third-order valence-corrected chi connectivity index (χ3v) is 18.6. The van der Waals surface area contributed by atoms with Gasteiger partial charge in [0.25, 0.3) is 11.8 Å². The van der Waals surface area contributed by atoms with E-state index in [9.17, 15) is 57.8 Å². The summed E-state index contributed by atoms with van der Waals surface area (Å²) < 4.78 is 17.8. The number of Topliss-reactive ketones (excluding diaryl/α,β-unsaturated/α-hetero) is 2. The molecule has 8 N–H and O–H groups in total. The number of anilines is 1. The average molecular weight is 1300 g/mol. The van der Waals surface area contributed by atoms with Crippen molar-refractivity contribution in [3.05, 3.63) is 77.9 Å². The molecule has 25 nitrogen and oxygen atoms in total. The van der Waals surface area contributed by atoms with Crippen molar-refractivity contribution in [3.63, 3.8) is 0 Å². The van der Waals surface area contributed by atoms with E-state index in [2.05, 4.69) is 26.6 Å². The summed E-state index contributed by atoms with van der Waals surface area (Å²) >= 11 is 0. The number of carbonyl (C=O) groups is 11. The van der Waals surface area contributed by atoms with Gasteiger partial charge in [-0.2, -0.15) is 0 Å². The Morgan fingerprint density at radius 3 is 1.91 bits per heavy atom. The van der Waals surface area contributed by atoms with Gasteiger partial charge in [0.05, 0.1) is 42.9 Å². The topological polar surface area (TPSA) is 335 Å². The van der Waals surface area contributed by atoms with Gasteiger partial charge in [-0.25, -0.2) is 9.59 Å². The summed E-state index contributed by atoms with van der Waals surface area (Å²) in [5, 5.41) is 25.0. The molecular formula is C68H102N10O15. The number of likely N-dealkylation sites (N-methyl/N-ethyl adjacent to an activating group) is 2. The maximum Gasteiger partial charge on any atom is 0.410 e. The van der Waals surface area contributed by atoms with Crippen molar-refractivity contribution < 1.29 is 72.1 Å². The Morgan fingerprint density at radius 1 is 0.753 bits per heavy atom. The van der Waals surface area contributed by atoms with Crippen LogP contribution >= 0.6 is 0 Å². The number of ether oxygens (including phenoxy) is 3. The number of aliphatic hydroxyl groups excluding tert-OH is 1. The average Bonchev–Trinajstić information content (AvgIpc) is 1.74. The zero-order valence-electron chi connectivity index (χ0n) is 56.7. The highest BCUT2D eigenvalue weighted by molar-refractivity contribution is 6.16. The van der Waals surface area contributed by atoms with Gasteiger partial charge in [-0.1, -0.05) is 118 Å². The van der Waals surface area contributed by atoms with Gasteiger partial charge in [-0.3, -0.25) is 53.0 Å². The standard InChI is InChI=1S/C68H102N10O15/c1-15-42(8)59(52(91-13)35-55(83)77-32-20-24-49(77)61(92-14)44(10)50(79)33-43(9)60(84)46-21-17-16-18-22-46)75(11)64(87)57(40(4)5)73-63(86)58(41(6)7)76(12)67(90)93-36-45-25-27-48(28-26-45)72-62(85)47(23-19-31-71-66(69)89)34-51(80)56(39(2)3)74-65(88)68(37-70-38-68)78-53(81)29-30-54(78)82/h16-18,21-22,25-30,39-44,47,49,52,56-61,70,84H,15,19-20,23-24,31-38H2,1-14H3,(H,72,85)(H,73,86)(H,74,88)(H3,69,71,89)/t42-,43-,44-,47+,49-,52+,56-,57-,58-,59-,60+,61+/m0/s1. The summed E-state index contributed by atoms with van der Waals surface area (Å²) in [5.41, 5.74) is 5.32. The van der Waals surface area contributed by atoms with Crippen LogP contribution in [0.1, 0.15) is 138 Å². The molecule has 2 aromatic carbocycles. The second kappa shape index (κ2) is 35.1. The molecular weight excluding hydrogens is 1200 g/mol. The molecule has 0 saturated carbocycles. The first-order chi connectivity index (χ1) is 43.9. The van der Waals surface area contributed by atoms with E-state index >= 15 is 0 Å². The maximum absolute atomic E-state index is 14.8. The van der Waals surface area contributed by atoms with Crippen LogP contribution in [0.5, 0.6) is 0 Å². The lowest BCUT2D eigenvalue weighted by Crippen LogP contribution is -2.77. The van der Waals surface area contributed by atoms with Gasteiger partial charge >= 0.3 is 12.1 Å². The van der Waals surface area contributed by atoms with Gasteiger partial charge in [-0.05, 0) is 78.5 Å². The first-order valence-corrected chi connectivity index (χ1v) is 32.6. The number of methoxy groups -OCH3 is 2. The van der Waals surface area contributed by atoms with E-state index in [4.69, 9.17) is 19.9 Å². The third kappa shape index (κ3) is 19.5. The van der Waals surface area contributed by atoms with Crippen molar-refractivity contribution in [2.45, 2.75) is 181 Å². The highest BCUT2D eigenvalue weighted by Gasteiger charge is 2.55. The normalized spacial score (nSPS) is 18.8. The number of hydrogen-bond acceptors (Lipinski definition) is 16. The number of aliphatic hydroxyl groups is 1. The molecule has 0 unspecified atom stereocenters. The van der Waals surface area contributed by atoms with Gasteiger partial charge in [0.2, 0.25) is 29.5 Å². The molecule has 0 radical (unpaired) electrons. The molecule has 0 aliphatic carbocycles. The van der Waals surface area contributed by atoms with Crippen LogP contribution in [0.2, 0.25) is 0 Å². The van der Waals surface area contributed by atoms with E-state index in [1.807, 2.05) is 51.1 Å². The Bertz CT molecular complexity index is 2940. The molecule has 0 spiro atoms. The van der Waals surface area contributed by atoms with E-state index in [1.165, 1.54) is 19.1 Å². The number of nitrogens with two attached hydrogens (primary N) is 1. The summed E-state index contributed by atoms with van der Waals surface area (Å²) in [6, 6.07) is 10.6. The Hall–Kier alpha value is -7.61. The fraction of sp³-hybridized carbons (Fsp3) is 0.632. The lowest BCUT2D eigenvalue weighted by atomic mass is 9.85. The summed E-state index contributed by atoms with van der Waals surface area (Å²) in [7, 11) is 6.12.